The first kappa shape index (κ1) is 15.4. The summed E-state index contributed by atoms with van der Waals surface area (Å²) in [5.41, 5.74) is -0.342. The van der Waals surface area contributed by atoms with Gasteiger partial charge in [-0.3, -0.25) is 19.3 Å². The Bertz CT molecular complexity index is 395. The molecule has 19 heavy (non-hydrogen) atoms. The monoisotopic (exact) mass is 266 g/mol. The van der Waals surface area contributed by atoms with E-state index in [-0.39, 0.29) is 29.2 Å². The molecule has 0 aromatic carbocycles. The largest absolute Gasteiger partial charge is 0.351 e. The Balaban J connectivity index is 2.61. The Hall–Kier alpha value is -1.65. The fourth-order valence-corrected chi connectivity index (χ4v) is 2.46. The smallest absolute Gasteiger partial charge is 0.253 e. The van der Waals surface area contributed by atoms with Gasteiger partial charge in [0.1, 0.15) is 0 Å². The summed E-state index contributed by atoms with van der Waals surface area (Å²) in [4.78, 5) is 35.5. The zero-order valence-corrected chi connectivity index (χ0v) is 12.0. The molecule has 1 N–H and O–H groups in total. The maximum Gasteiger partial charge on any atom is 0.253 e. The maximum absolute atomic E-state index is 11.5. The van der Waals surface area contributed by atoms with Crippen LogP contribution in [0.1, 0.15) is 40.5 Å². The second kappa shape index (κ2) is 5.99. The minimum Gasteiger partial charge on any atom is -0.351 e. The van der Waals surface area contributed by atoms with E-state index >= 15 is 0 Å². The Labute approximate surface area is 114 Å². The predicted molar refractivity (Wildman–Crippen MR) is 72.2 cm³/mol. The molecule has 106 valence electrons. The number of imide groups is 1. The van der Waals surface area contributed by atoms with Crippen molar-refractivity contribution >= 4 is 17.7 Å². The van der Waals surface area contributed by atoms with Crippen molar-refractivity contribution in [2.45, 2.75) is 46.1 Å². The molecule has 0 fully saturated rings. The highest BCUT2D eigenvalue weighted by molar-refractivity contribution is 6.12. The summed E-state index contributed by atoms with van der Waals surface area (Å²) in [6, 6.07) is 0. The maximum atomic E-state index is 11.5. The Kier molecular flexibility index (Phi) is 4.86. The molecule has 3 amide bonds. The normalized spacial score (nSPS) is 16.9. The van der Waals surface area contributed by atoms with E-state index in [9.17, 15) is 14.4 Å². The molecule has 5 heteroatoms. The lowest BCUT2D eigenvalue weighted by Gasteiger charge is -2.31. The molecule has 1 atom stereocenters. The van der Waals surface area contributed by atoms with Gasteiger partial charge in [-0.05, 0) is 26.2 Å². The number of hydrogen-bond acceptors (Lipinski definition) is 3. The number of nitrogens with one attached hydrogen (secondary N) is 1. The highest BCUT2D eigenvalue weighted by Crippen LogP contribution is 2.21. The van der Waals surface area contributed by atoms with Crippen molar-refractivity contribution in [2.24, 2.45) is 5.92 Å². The standard InChI is InChI=1S/C14H22N2O3/c1-5-11(8-14(3,4)15-10(2)17)9-16-12(18)6-7-13(16)19/h6-7,11H,5,8-9H2,1-4H3,(H,15,17). The topological polar surface area (TPSA) is 66.5 Å². The van der Waals surface area contributed by atoms with Gasteiger partial charge in [0.05, 0.1) is 0 Å². The van der Waals surface area contributed by atoms with Crippen LogP contribution in [-0.2, 0) is 14.4 Å². The fourth-order valence-electron chi connectivity index (χ4n) is 2.46. The van der Waals surface area contributed by atoms with Gasteiger partial charge in [0.15, 0.2) is 0 Å². The number of carbonyl (C=O) groups excluding carboxylic acids is 3. The Morgan fingerprint density at radius 3 is 2.26 bits per heavy atom. The summed E-state index contributed by atoms with van der Waals surface area (Å²) >= 11 is 0. The molecule has 0 saturated heterocycles. The lowest BCUT2D eigenvalue weighted by atomic mass is 9.88. The summed E-state index contributed by atoms with van der Waals surface area (Å²) in [6.45, 7) is 7.81. The minimum absolute atomic E-state index is 0.0742. The van der Waals surface area contributed by atoms with E-state index in [1.165, 1.54) is 24.0 Å². The lowest BCUT2D eigenvalue weighted by Crippen LogP contribution is -2.45. The molecule has 1 unspecified atom stereocenters. The fraction of sp³-hybridized carbons (Fsp3) is 0.643. The lowest BCUT2D eigenvalue weighted by molar-refractivity contribution is -0.137. The van der Waals surface area contributed by atoms with Crippen LogP contribution in [-0.4, -0.2) is 34.7 Å². The van der Waals surface area contributed by atoms with Crippen LogP contribution < -0.4 is 5.32 Å². The van der Waals surface area contributed by atoms with E-state index in [1.807, 2.05) is 20.8 Å². The summed E-state index contributed by atoms with van der Waals surface area (Å²) in [7, 11) is 0. The van der Waals surface area contributed by atoms with Crippen LogP contribution in [0.3, 0.4) is 0 Å². The molecule has 1 heterocycles. The zero-order valence-electron chi connectivity index (χ0n) is 12.0. The molecule has 0 aromatic heterocycles. The third kappa shape index (κ3) is 4.50. The number of nitrogens with zero attached hydrogens (tertiary/aromatic N) is 1. The van der Waals surface area contributed by atoms with Gasteiger partial charge >= 0.3 is 0 Å². The van der Waals surface area contributed by atoms with Crippen molar-refractivity contribution in [2.75, 3.05) is 6.54 Å². The molecule has 1 aliphatic rings. The highest BCUT2D eigenvalue weighted by Gasteiger charge is 2.29. The molecule has 0 aromatic rings. The van der Waals surface area contributed by atoms with Crippen molar-refractivity contribution < 1.29 is 14.4 Å². The van der Waals surface area contributed by atoms with Gasteiger partial charge in [0.2, 0.25) is 5.91 Å². The third-order valence-electron chi connectivity index (χ3n) is 3.23. The Morgan fingerprint density at radius 2 is 1.84 bits per heavy atom. The van der Waals surface area contributed by atoms with Crippen molar-refractivity contribution in [1.29, 1.82) is 0 Å². The number of amides is 3. The summed E-state index contributed by atoms with van der Waals surface area (Å²) in [5.74, 6) is -0.397. The average molecular weight is 266 g/mol. The molecule has 0 radical (unpaired) electrons. The summed E-state index contributed by atoms with van der Waals surface area (Å²) in [5, 5.41) is 2.89. The second-order valence-electron chi connectivity index (χ2n) is 5.66. The van der Waals surface area contributed by atoms with E-state index in [4.69, 9.17) is 0 Å². The zero-order chi connectivity index (χ0) is 14.6. The van der Waals surface area contributed by atoms with Crippen molar-refractivity contribution in [3.8, 4) is 0 Å². The van der Waals surface area contributed by atoms with Gasteiger partial charge in [0.25, 0.3) is 11.8 Å². The molecular formula is C14H22N2O3. The second-order valence-corrected chi connectivity index (χ2v) is 5.66. The van der Waals surface area contributed by atoms with Crippen molar-refractivity contribution in [3.05, 3.63) is 12.2 Å². The first-order valence-corrected chi connectivity index (χ1v) is 6.57. The molecule has 1 aliphatic heterocycles. The van der Waals surface area contributed by atoms with E-state index in [0.29, 0.717) is 6.54 Å². The van der Waals surface area contributed by atoms with Crippen LogP contribution in [0.5, 0.6) is 0 Å². The SMILES string of the molecule is CCC(CN1C(=O)C=CC1=O)CC(C)(C)NC(C)=O. The number of carbonyl (C=O) groups is 3. The molecule has 0 bridgehead atoms. The van der Waals surface area contributed by atoms with Gasteiger partial charge < -0.3 is 5.32 Å². The van der Waals surface area contributed by atoms with E-state index < -0.39 is 0 Å². The van der Waals surface area contributed by atoms with Crippen LogP contribution in [0.2, 0.25) is 0 Å². The summed E-state index contributed by atoms with van der Waals surface area (Å²) < 4.78 is 0. The Morgan fingerprint density at radius 1 is 1.32 bits per heavy atom. The molecule has 5 nitrogen and oxygen atoms in total. The molecule has 0 aliphatic carbocycles. The number of hydrogen-bond donors (Lipinski definition) is 1. The van der Waals surface area contributed by atoms with Gasteiger partial charge in [-0.2, -0.15) is 0 Å². The van der Waals surface area contributed by atoms with Crippen LogP contribution >= 0.6 is 0 Å². The molecule has 0 saturated carbocycles. The van der Waals surface area contributed by atoms with E-state index in [0.717, 1.165) is 12.8 Å². The molecule has 1 rings (SSSR count). The number of rotatable bonds is 6. The van der Waals surface area contributed by atoms with Crippen LogP contribution in [0.15, 0.2) is 12.2 Å². The van der Waals surface area contributed by atoms with E-state index in [1.54, 1.807) is 0 Å². The minimum atomic E-state index is -0.342. The highest BCUT2D eigenvalue weighted by atomic mass is 16.2. The van der Waals surface area contributed by atoms with Crippen molar-refractivity contribution in [3.63, 3.8) is 0 Å². The third-order valence-corrected chi connectivity index (χ3v) is 3.23. The first-order valence-electron chi connectivity index (χ1n) is 6.57. The first-order chi connectivity index (χ1) is 8.75. The van der Waals surface area contributed by atoms with Crippen LogP contribution in [0, 0.1) is 5.92 Å². The predicted octanol–water partition coefficient (Wildman–Crippen LogP) is 1.24. The quantitative estimate of drug-likeness (QED) is 0.736. The van der Waals surface area contributed by atoms with Gasteiger partial charge in [0, 0.05) is 31.2 Å². The van der Waals surface area contributed by atoms with Gasteiger partial charge in [-0.25, -0.2) is 0 Å². The van der Waals surface area contributed by atoms with Gasteiger partial charge in [-0.15, -0.1) is 0 Å². The van der Waals surface area contributed by atoms with Gasteiger partial charge in [-0.1, -0.05) is 13.3 Å². The molecular weight excluding hydrogens is 244 g/mol. The van der Waals surface area contributed by atoms with Crippen molar-refractivity contribution in [1.82, 2.24) is 10.2 Å². The molecule has 0 spiro atoms. The summed E-state index contributed by atoms with van der Waals surface area (Å²) in [6.07, 6.45) is 4.17. The van der Waals surface area contributed by atoms with Crippen LogP contribution in [0.25, 0.3) is 0 Å². The van der Waals surface area contributed by atoms with Crippen LogP contribution in [0.4, 0.5) is 0 Å². The van der Waals surface area contributed by atoms with E-state index in [2.05, 4.69) is 5.32 Å². The average Bonchev–Trinajstić information content (AvgIpc) is 2.57.